The van der Waals surface area contributed by atoms with Crippen molar-refractivity contribution in [3.05, 3.63) is 29.8 Å². The summed E-state index contributed by atoms with van der Waals surface area (Å²) >= 11 is 0. The van der Waals surface area contributed by atoms with Crippen LogP contribution in [-0.2, 0) is 15.9 Å². The normalized spacial score (nSPS) is 19.9. The average Bonchev–Trinajstić information content (AvgIpc) is 2.26. The zero-order valence-electron chi connectivity index (χ0n) is 8.32. The summed E-state index contributed by atoms with van der Waals surface area (Å²) < 4.78 is 10.4. The molecule has 14 heavy (non-hydrogen) atoms. The van der Waals surface area contributed by atoms with Crippen LogP contribution in [0.25, 0.3) is 0 Å². The number of hydrogen-bond acceptors (Lipinski definition) is 3. The SMILES string of the molecule is COCO[C@@H]1CNc2ccccc2C1. The highest BCUT2D eigenvalue weighted by atomic mass is 16.7. The summed E-state index contributed by atoms with van der Waals surface area (Å²) in [6.07, 6.45) is 1.19. The molecule has 0 saturated carbocycles. The quantitative estimate of drug-likeness (QED) is 0.740. The number of methoxy groups -OCH3 is 1. The van der Waals surface area contributed by atoms with Gasteiger partial charge in [0, 0.05) is 25.8 Å². The first kappa shape index (κ1) is 9.49. The summed E-state index contributed by atoms with van der Waals surface area (Å²) in [6, 6.07) is 8.33. The lowest BCUT2D eigenvalue weighted by Crippen LogP contribution is -2.30. The van der Waals surface area contributed by atoms with Crippen molar-refractivity contribution < 1.29 is 9.47 Å². The second-order valence-corrected chi connectivity index (χ2v) is 3.44. The maximum absolute atomic E-state index is 5.50. The standard InChI is InChI=1S/C11H15NO2/c1-13-8-14-10-6-9-4-2-3-5-11(9)12-7-10/h2-5,10,12H,6-8H2,1H3/t10-/m0/s1. The molecule has 1 aromatic rings. The molecule has 1 aromatic carbocycles. The Morgan fingerprint density at radius 3 is 3.14 bits per heavy atom. The number of fused-ring (bicyclic) bond motifs is 1. The Labute approximate surface area is 84.0 Å². The smallest absolute Gasteiger partial charge is 0.146 e. The molecule has 1 atom stereocenters. The Morgan fingerprint density at radius 1 is 1.43 bits per heavy atom. The zero-order valence-corrected chi connectivity index (χ0v) is 8.32. The molecule has 1 heterocycles. The minimum atomic E-state index is 0.227. The number of hydrogen-bond donors (Lipinski definition) is 1. The van der Waals surface area contributed by atoms with Crippen LogP contribution in [0.4, 0.5) is 5.69 Å². The fourth-order valence-electron chi connectivity index (χ4n) is 1.69. The molecule has 2 rings (SSSR count). The number of para-hydroxylation sites is 1. The van der Waals surface area contributed by atoms with Crippen LogP contribution in [0.2, 0.25) is 0 Å². The fourth-order valence-corrected chi connectivity index (χ4v) is 1.69. The van der Waals surface area contributed by atoms with E-state index in [0.717, 1.165) is 13.0 Å². The first-order valence-corrected chi connectivity index (χ1v) is 4.82. The van der Waals surface area contributed by atoms with Crippen molar-refractivity contribution in [3.8, 4) is 0 Å². The van der Waals surface area contributed by atoms with Crippen molar-refractivity contribution in [2.45, 2.75) is 12.5 Å². The molecule has 0 aromatic heterocycles. The van der Waals surface area contributed by atoms with Gasteiger partial charge in [-0.2, -0.15) is 0 Å². The molecule has 0 spiro atoms. The Morgan fingerprint density at radius 2 is 2.29 bits per heavy atom. The van der Waals surface area contributed by atoms with E-state index in [1.807, 2.05) is 6.07 Å². The molecule has 1 aliphatic heterocycles. The molecule has 1 aliphatic rings. The lowest BCUT2D eigenvalue weighted by molar-refractivity contribution is -0.0672. The Bertz CT molecular complexity index is 301. The topological polar surface area (TPSA) is 30.5 Å². The number of nitrogens with one attached hydrogen (secondary N) is 1. The highest BCUT2D eigenvalue weighted by Crippen LogP contribution is 2.22. The van der Waals surface area contributed by atoms with E-state index in [-0.39, 0.29) is 6.10 Å². The van der Waals surface area contributed by atoms with E-state index >= 15 is 0 Å². The third-order valence-electron chi connectivity index (χ3n) is 2.41. The Hall–Kier alpha value is -1.06. The van der Waals surface area contributed by atoms with E-state index in [1.165, 1.54) is 11.3 Å². The number of rotatable bonds is 3. The predicted octanol–water partition coefficient (Wildman–Crippen LogP) is 1.64. The fraction of sp³-hybridized carbons (Fsp3) is 0.455. The molecule has 0 unspecified atom stereocenters. The monoisotopic (exact) mass is 193 g/mol. The van der Waals surface area contributed by atoms with Crippen molar-refractivity contribution >= 4 is 5.69 Å². The Balaban J connectivity index is 1.99. The van der Waals surface area contributed by atoms with Gasteiger partial charge in [0.05, 0.1) is 6.10 Å². The minimum absolute atomic E-state index is 0.227. The van der Waals surface area contributed by atoms with Gasteiger partial charge in [0.1, 0.15) is 6.79 Å². The first-order valence-electron chi connectivity index (χ1n) is 4.82. The van der Waals surface area contributed by atoms with Crippen molar-refractivity contribution in [2.24, 2.45) is 0 Å². The molecule has 0 radical (unpaired) electrons. The van der Waals surface area contributed by atoms with Gasteiger partial charge in [-0.1, -0.05) is 18.2 Å². The van der Waals surface area contributed by atoms with E-state index in [9.17, 15) is 0 Å². The average molecular weight is 193 g/mol. The van der Waals surface area contributed by atoms with Gasteiger partial charge in [-0.3, -0.25) is 0 Å². The maximum Gasteiger partial charge on any atom is 0.146 e. The first-order chi connectivity index (χ1) is 6.90. The van der Waals surface area contributed by atoms with Crippen molar-refractivity contribution in [3.63, 3.8) is 0 Å². The third-order valence-corrected chi connectivity index (χ3v) is 2.41. The molecule has 0 bridgehead atoms. The van der Waals surface area contributed by atoms with Crippen LogP contribution >= 0.6 is 0 Å². The zero-order chi connectivity index (χ0) is 9.80. The molecule has 76 valence electrons. The summed E-state index contributed by atoms with van der Waals surface area (Å²) in [6.45, 7) is 1.23. The van der Waals surface area contributed by atoms with E-state index in [2.05, 4.69) is 23.5 Å². The van der Waals surface area contributed by atoms with E-state index in [0.29, 0.717) is 6.79 Å². The van der Waals surface area contributed by atoms with Gasteiger partial charge in [-0.25, -0.2) is 0 Å². The predicted molar refractivity (Wildman–Crippen MR) is 55.4 cm³/mol. The minimum Gasteiger partial charge on any atom is -0.382 e. The third kappa shape index (κ3) is 2.05. The number of ether oxygens (including phenoxy) is 2. The van der Waals surface area contributed by atoms with Gasteiger partial charge in [0.15, 0.2) is 0 Å². The summed E-state index contributed by atoms with van der Waals surface area (Å²) in [5.41, 5.74) is 2.55. The van der Waals surface area contributed by atoms with Crippen molar-refractivity contribution in [2.75, 3.05) is 25.8 Å². The maximum atomic E-state index is 5.50. The molecule has 0 aliphatic carbocycles. The van der Waals surface area contributed by atoms with Gasteiger partial charge < -0.3 is 14.8 Å². The highest BCUT2D eigenvalue weighted by Gasteiger charge is 2.17. The molecular weight excluding hydrogens is 178 g/mol. The van der Waals surface area contributed by atoms with Gasteiger partial charge in [0.25, 0.3) is 0 Å². The lowest BCUT2D eigenvalue weighted by atomic mass is 10.0. The summed E-state index contributed by atoms with van der Waals surface area (Å²) in [5.74, 6) is 0. The van der Waals surface area contributed by atoms with E-state index in [4.69, 9.17) is 9.47 Å². The molecular formula is C11H15NO2. The van der Waals surface area contributed by atoms with Crippen LogP contribution < -0.4 is 5.32 Å². The summed E-state index contributed by atoms with van der Waals surface area (Å²) in [4.78, 5) is 0. The summed E-state index contributed by atoms with van der Waals surface area (Å²) in [5, 5.41) is 3.34. The highest BCUT2D eigenvalue weighted by molar-refractivity contribution is 5.53. The molecule has 3 heteroatoms. The van der Waals surface area contributed by atoms with Crippen molar-refractivity contribution in [1.82, 2.24) is 0 Å². The van der Waals surface area contributed by atoms with Crippen LogP contribution in [0.15, 0.2) is 24.3 Å². The van der Waals surface area contributed by atoms with Gasteiger partial charge in [0.2, 0.25) is 0 Å². The van der Waals surface area contributed by atoms with Crippen LogP contribution in [0.5, 0.6) is 0 Å². The molecule has 1 N–H and O–H groups in total. The van der Waals surface area contributed by atoms with Crippen LogP contribution in [0.1, 0.15) is 5.56 Å². The van der Waals surface area contributed by atoms with Crippen molar-refractivity contribution in [1.29, 1.82) is 0 Å². The van der Waals surface area contributed by atoms with E-state index < -0.39 is 0 Å². The molecule has 3 nitrogen and oxygen atoms in total. The second kappa shape index (κ2) is 4.44. The molecule has 0 amide bonds. The van der Waals surface area contributed by atoms with Gasteiger partial charge in [-0.15, -0.1) is 0 Å². The molecule has 0 saturated heterocycles. The van der Waals surface area contributed by atoms with Gasteiger partial charge >= 0.3 is 0 Å². The largest absolute Gasteiger partial charge is 0.382 e. The van der Waals surface area contributed by atoms with Crippen LogP contribution in [0.3, 0.4) is 0 Å². The summed E-state index contributed by atoms with van der Waals surface area (Å²) in [7, 11) is 1.64. The molecule has 0 fully saturated rings. The van der Waals surface area contributed by atoms with Crippen LogP contribution in [0, 0.1) is 0 Å². The second-order valence-electron chi connectivity index (χ2n) is 3.44. The van der Waals surface area contributed by atoms with E-state index in [1.54, 1.807) is 7.11 Å². The lowest BCUT2D eigenvalue weighted by Gasteiger charge is -2.25. The number of anilines is 1. The van der Waals surface area contributed by atoms with Crippen LogP contribution in [-0.4, -0.2) is 26.6 Å². The van der Waals surface area contributed by atoms with Gasteiger partial charge in [-0.05, 0) is 11.6 Å². The number of benzene rings is 1. The Kier molecular flexibility index (Phi) is 3.01.